The Morgan fingerprint density at radius 1 is 1.18 bits per heavy atom. The number of nitrogens with one attached hydrogen (secondary N) is 1. The van der Waals surface area contributed by atoms with Gasteiger partial charge in [0.05, 0.1) is 37.8 Å². The molecule has 0 spiro atoms. The molecule has 1 N–H and O–H groups in total. The SMILES string of the molecule is COCCOCCOCC(=O)N1CCC(c2nc(C(=O)NCCCn3ccnc3)cs2)CC1. The van der Waals surface area contributed by atoms with E-state index in [0.29, 0.717) is 51.8 Å². The van der Waals surface area contributed by atoms with E-state index in [1.165, 1.54) is 11.3 Å². The number of thiazole rings is 1. The molecule has 10 nitrogen and oxygen atoms in total. The van der Waals surface area contributed by atoms with E-state index in [4.69, 9.17) is 14.2 Å². The Bertz CT molecular complexity index is 836. The molecule has 0 unspecified atom stereocenters. The third-order valence-electron chi connectivity index (χ3n) is 5.42. The zero-order chi connectivity index (χ0) is 23.3. The number of aromatic nitrogens is 3. The maximum Gasteiger partial charge on any atom is 0.270 e. The molecule has 2 aromatic rings. The number of nitrogens with zero attached hydrogens (tertiary/aromatic N) is 4. The molecule has 2 amide bonds. The predicted octanol–water partition coefficient (Wildman–Crippen LogP) is 1.55. The zero-order valence-electron chi connectivity index (χ0n) is 19.1. The highest BCUT2D eigenvalue weighted by Gasteiger charge is 2.26. The zero-order valence-corrected chi connectivity index (χ0v) is 19.9. The summed E-state index contributed by atoms with van der Waals surface area (Å²) in [6.07, 6.45) is 7.92. The van der Waals surface area contributed by atoms with Gasteiger partial charge in [-0.25, -0.2) is 9.97 Å². The second kappa shape index (κ2) is 14.0. The summed E-state index contributed by atoms with van der Waals surface area (Å²) >= 11 is 1.52. The number of rotatable bonds is 14. The van der Waals surface area contributed by atoms with Gasteiger partial charge in [0.1, 0.15) is 12.3 Å². The smallest absolute Gasteiger partial charge is 0.270 e. The normalized spacial score (nSPS) is 14.5. The van der Waals surface area contributed by atoms with Crippen LogP contribution in [0.25, 0.3) is 0 Å². The summed E-state index contributed by atoms with van der Waals surface area (Å²) in [5.41, 5.74) is 0.470. The van der Waals surface area contributed by atoms with Crippen molar-refractivity contribution in [2.24, 2.45) is 0 Å². The number of hydrogen-bond donors (Lipinski definition) is 1. The van der Waals surface area contributed by atoms with Gasteiger partial charge in [0.15, 0.2) is 0 Å². The Hall–Kier alpha value is -2.34. The topological polar surface area (TPSA) is 108 Å². The maximum absolute atomic E-state index is 12.4. The number of hydrogen-bond acceptors (Lipinski definition) is 8. The van der Waals surface area contributed by atoms with E-state index in [9.17, 15) is 9.59 Å². The van der Waals surface area contributed by atoms with E-state index in [1.54, 1.807) is 19.6 Å². The maximum atomic E-state index is 12.4. The van der Waals surface area contributed by atoms with Gasteiger partial charge in [-0.3, -0.25) is 9.59 Å². The lowest BCUT2D eigenvalue weighted by Gasteiger charge is -2.31. The molecule has 1 aliphatic heterocycles. The van der Waals surface area contributed by atoms with Crippen LogP contribution in [0.5, 0.6) is 0 Å². The first-order valence-electron chi connectivity index (χ1n) is 11.3. The molecule has 3 rings (SSSR count). The van der Waals surface area contributed by atoms with Crippen molar-refractivity contribution in [1.29, 1.82) is 0 Å². The van der Waals surface area contributed by atoms with E-state index in [0.717, 1.165) is 30.8 Å². The van der Waals surface area contributed by atoms with Crippen LogP contribution < -0.4 is 5.32 Å². The molecular formula is C22H33N5O5S. The second-order valence-electron chi connectivity index (χ2n) is 7.79. The highest BCUT2D eigenvalue weighted by atomic mass is 32.1. The highest BCUT2D eigenvalue weighted by molar-refractivity contribution is 7.09. The molecule has 1 aliphatic rings. The summed E-state index contributed by atoms with van der Waals surface area (Å²) in [5.74, 6) is 0.135. The Morgan fingerprint density at radius 3 is 2.73 bits per heavy atom. The van der Waals surface area contributed by atoms with Crippen LogP contribution in [0.2, 0.25) is 0 Å². The molecule has 0 bridgehead atoms. The van der Waals surface area contributed by atoms with Crippen molar-refractivity contribution in [2.45, 2.75) is 31.7 Å². The van der Waals surface area contributed by atoms with Gasteiger partial charge in [-0.1, -0.05) is 0 Å². The van der Waals surface area contributed by atoms with Crippen LogP contribution in [0.3, 0.4) is 0 Å². The van der Waals surface area contributed by atoms with E-state index < -0.39 is 0 Å². The van der Waals surface area contributed by atoms with Crippen molar-refractivity contribution >= 4 is 23.2 Å². The van der Waals surface area contributed by atoms with Gasteiger partial charge in [0, 0.05) is 57.0 Å². The Labute approximate surface area is 198 Å². The van der Waals surface area contributed by atoms with Gasteiger partial charge in [-0.2, -0.15) is 0 Å². The summed E-state index contributed by atoms with van der Waals surface area (Å²) in [6.45, 7) is 4.72. The van der Waals surface area contributed by atoms with Crippen molar-refractivity contribution < 1.29 is 23.8 Å². The summed E-state index contributed by atoms with van der Waals surface area (Å²) in [6, 6.07) is 0. The van der Waals surface area contributed by atoms with Crippen LogP contribution in [0, 0.1) is 0 Å². The standard InChI is InChI=1S/C22H33N5O5S/c1-30-11-12-31-13-14-32-15-20(28)27-8-3-18(4-9-27)22-25-19(16-33-22)21(29)24-5-2-7-26-10-6-23-17-26/h6,10,16-18H,2-5,7-9,11-15H2,1H3,(H,24,29). The number of aryl methyl sites for hydroxylation is 1. The number of amides is 2. The van der Waals surface area contributed by atoms with Crippen molar-refractivity contribution in [2.75, 3.05) is 59.8 Å². The quantitative estimate of drug-likeness (QED) is 0.410. The Kier molecular flexibility index (Phi) is 10.8. The van der Waals surface area contributed by atoms with Gasteiger partial charge >= 0.3 is 0 Å². The number of carbonyl (C=O) groups is 2. The molecule has 2 aromatic heterocycles. The molecule has 11 heteroatoms. The summed E-state index contributed by atoms with van der Waals surface area (Å²) in [5, 5.41) is 5.72. The van der Waals surface area contributed by atoms with Crippen LogP contribution in [0.15, 0.2) is 24.1 Å². The molecule has 0 atom stereocenters. The third kappa shape index (κ3) is 8.50. The first-order chi connectivity index (χ1) is 16.2. The molecule has 1 fully saturated rings. The van der Waals surface area contributed by atoms with Crippen LogP contribution >= 0.6 is 11.3 Å². The average molecular weight is 480 g/mol. The Balaban J connectivity index is 1.31. The largest absolute Gasteiger partial charge is 0.382 e. The fourth-order valence-corrected chi connectivity index (χ4v) is 4.51. The molecule has 0 aromatic carbocycles. The summed E-state index contributed by atoms with van der Waals surface area (Å²) < 4.78 is 17.6. The predicted molar refractivity (Wildman–Crippen MR) is 123 cm³/mol. The number of carbonyl (C=O) groups excluding carboxylic acids is 2. The minimum atomic E-state index is -0.140. The van der Waals surface area contributed by atoms with Crippen molar-refractivity contribution in [3.8, 4) is 0 Å². The Morgan fingerprint density at radius 2 is 1.97 bits per heavy atom. The number of piperidine rings is 1. The number of ether oxygens (including phenoxy) is 3. The number of likely N-dealkylation sites (tertiary alicyclic amines) is 1. The van der Waals surface area contributed by atoms with E-state index in [2.05, 4.69) is 15.3 Å². The lowest BCUT2D eigenvalue weighted by molar-refractivity contribution is -0.137. The van der Waals surface area contributed by atoms with Gasteiger partial charge in [-0.15, -0.1) is 11.3 Å². The average Bonchev–Trinajstić information content (AvgIpc) is 3.54. The van der Waals surface area contributed by atoms with Crippen LogP contribution in [-0.2, 0) is 25.5 Å². The second-order valence-corrected chi connectivity index (χ2v) is 8.68. The van der Waals surface area contributed by atoms with Gasteiger partial charge in [-0.05, 0) is 19.3 Å². The molecule has 0 radical (unpaired) electrons. The van der Waals surface area contributed by atoms with Gasteiger partial charge in [0.2, 0.25) is 5.91 Å². The molecule has 1 saturated heterocycles. The summed E-state index contributed by atoms with van der Waals surface area (Å²) in [4.78, 5) is 35.1. The molecular weight excluding hydrogens is 446 g/mol. The van der Waals surface area contributed by atoms with E-state index in [-0.39, 0.29) is 24.3 Å². The fourth-order valence-electron chi connectivity index (χ4n) is 3.54. The lowest BCUT2D eigenvalue weighted by Crippen LogP contribution is -2.40. The molecule has 0 saturated carbocycles. The third-order valence-corrected chi connectivity index (χ3v) is 6.43. The van der Waals surface area contributed by atoms with E-state index in [1.807, 2.05) is 21.0 Å². The van der Waals surface area contributed by atoms with Gasteiger partial charge in [0.25, 0.3) is 5.91 Å². The minimum absolute atomic E-state index is 0.000222. The molecule has 0 aliphatic carbocycles. The van der Waals surface area contributed by atoms with Crippen molar-refractivity contribution in [3.05, 3.63) is 34.8 Å². The van der Waals surface area contributed by atoms with Gasteiger partial charge < -0.3 is 29.0 Å². The van der Waals surface area contributed by atoms with Crippen LogP contribution in [-0.4, -0.2) is 91.0 Å². The molecule has 3 heterocycles. The van der Waals surface area contributed by atoms with E-state index >= 15 is 0 Å². The summed E-state index contributed by atoms with van der Waals surface area (Å²) in [7, 11) is 1.62. The van der Waals surface area contributed by atoms with Crippen molar-refractivity contribution in [1.82, 2.24) is 24.8 Å². The first-order valence-corrected chi connectivity index (χ1v) is 12.2. The van der Waals surface area contributed by atoms with Crippen LogP contribution in [0.1, 0.15) is 40.7 Å². The molecule has 182 valence electrons. The monoisotopic (exact) mass is 479 g/mol. The molecule has 33 heavy (non-hydrogen) atoms. The first kappa shape index (κ1) is 25.3. The number of methoxy groups -OCH3 is 1. The fraction of sp³-hybridized carbons (Fsp3) is 0.636. The van der Waals surface area contributed by atoms with Crippen LogP contribution in [0.4, 0.5) is 0 Å². The minimum Gasteiger partial charge on any atom is -0.382 e. The van der Waals surface area contributed by atoms with Crippen molar-refractivity contribution in [3.63, 3.8) is 0 Å². The number of imidazole rings is 1. The highest BCUT2D eigenvalue weighted by Crippen LogP contribution is 2.30. The lowest BCUT2D eigenvalue weighted by atomic mass is 9.97.